The van der Waals surface area contributed by atoms with Gasteiger partial charge in [-0.3, -0.25) is 9.56 Å². The van der Waals surface area contributed by atoms with Crippen LogP contribution < -0.4 is 0 Å². The summed E-state index contributed by atoms with van der Waals surface area (Å²) in [6.45, 7) is 14.5. The molecule has 9 aromatic rings. The number of hydrogen-bond acceptors (Lipinski definition) is 3. The fraction of sp³-hybridized carbons (Fsp3) is 0.208. The van der Waals surface area contributed by atoms with Crippen LogP contribution in [0, 0.1) is 6.92 Å². The lowest BCUT2D eigenvalue weighted by molar-refractivity contribution is 0.341. The van der Waals surface area contributed by atoms with Crippen molar-refractivity contribution in [2.45, 2.75) is 71.5 Å². The van der Waals surface area contributed by atoms with Crippen LogP contribution in [-0.4, -0.2) is 24.9 Å². The summed E-state index contributed by atoms with van der Waals surface area (Å²) in [7, 11) is 0. The molecule has 0 aliphatic carbocycles. The molecule has 0 spiro atoms. The lowest BCUT2D eigenvalue weighted by atomic mass is 9.86. The van der Waals surface area contributed by atoms with Gasteiger partial charge in [-0.05, 0) is 113 Å². The molecule has 3 aromatic heterocycles. The van der Waals surface area contributed by atoms with E-state index in [1.807, 2.05) is 6.20 Å². The standard InChI is InChI=1S/C53H47N5/c1-32(2)36-26-37(51-55-49(34-13-8-7-9-14-34)50-41-16-11-10-15-35(41)31-56(50)51)28-40(27-36)57-46-22-18-33(3)25-44(46)42-21-20-39(30-48(42)57)58-47-23-19-38(53(4,5)6)29-45(47)43-17-12-24-54-52(43)58/h7-30,32,49-50H,31H2,1-6H3/t49-,50+/m1/s1. The fourth-order valence-corrected chi connectivity index (χ4v) is 9.73. The Morgan fingerprint density at radius 1 is 0.638 bits per heavy atom. The molecule has 5 heteroatoms. The van der Waals surface area contributed by atoms with E-state index in [9.17, 15) is 0 Å². The number of aromatic nitrogens is 3. The molecule has 0 saturated heterocycles. The molecular formula is C53H47N5. The molecule has 5 heterocycles. The van der Waals surface area contributed by atoms with Gasteiger partial charge in [-0.25, -0.2) is 4.98 Å². The van der Waals surface area contributed by atoms with E-state index in [0.717, 1.165) is 40.5 Å². The van der Waals surface area contributed by atoms with Crippen molar-refractivity contribution in [1.29, 1.82) is 0 Å². The quantitative estimate of drug-likeness (QED) is 0.176. The zero-order valence-electron chi connectivity index (χ0n) is 34.0. The van der Waals surface area contributed by atoms with Crippen molar-refractivity contribution in [1.82, 2.24) is 19.0 Å². The summed E-state index contributed by atoms with van der Waals surface area (Å²) < 4.78 is 4.84. The van der Waals surface area contributed by atoms with Crippen molar-refractivity contribution in [3.63, 3.8) is 0 Å². The minimum Gasteiger partial charge on any atom is -0.342 e. The van der Waals surface area contributed by atoms with Crippen LogP contribution in [0.2, 0.25) is 0 Å². The van der Waals surface area contributed by atoms with Gasteiger partial charge in [0.1, 0.15) is 17.5 Å². The Balaban J connectivity index is 1.14. The van der Waals surface area contributed by atoms with Gasteiger partial charge >= 0.3 is 0 Å². The number of aryl methyl sites for hydroxylation is 1. The van der Waals surface area contributed by atoms with Crippen molar-refractivity contribution in [2.24, 2.45) is 4.99 Å². The molecule has 11 rings (SSSR count). The van der Waals surface area contributed by atoms with E-state index in [1.54, 1.807) is 0 Å². The summed E-state index contributed by atoms with van der Waals surface area (Å²) in [6, 6.07) is 52.2. The van der Waals surface area contributed by atoms with Gasteiger partial charge in [-0.2, -0.15) is 0 Å². The summed E-state index contributed by atoms with van der Waals surface area (Å²) in [5, 5.41) is 4.89. The number of nitrogens with zero attached hydrogens (tertiary/aromatic N) is 5. The topological polar surface area (TPSA) is 38.4 Å². The van der Waals surface area contributed by atoms with Crippen molar-refractivity contribution < 1.29 is 0 Å². The first kappa shape index (κ1) is 34.8. The SMILES string of the molecule is Cc1ccc2c(c1)c1ccc(-n3c4ccc(C(C)(C)C)cc4c4cccnc43)cc1n2-c1cc(C2=N[C@H](c3ccccc3)[C@@H]3c4ccccc4CN23)cc(C(C)C)c1. The number of aliphatic imine (C=N–C) groups is 1. The van der Waals surface area contributed by atoms with E-state index in [0.29, 0.717) is 5.92 Å². The molecule has 0 saturated carbocycles. The fourth-order valence-electron chi connectivity index (χ4n) is 9.73. The average molecular weight is 754 g/mol. The molecule has 2 aliphatic heterocycles. The Morgan fingerprint density at radius 3 is 2.24 bits per heavy atom. The Bertz CT molecular complexity index is 3140. The lowest BCUT2D eigenvalue weighted by Gasteiger charge is -2.24. The molecule has 0 bridgehead atoms. The molecule has 2 aliphatic rings. The highest BCUT2D eigenvalue weighted by molar-refractivity contribution is 6.12. The molecule has 0 N–H and O–H groups in total. The summed E-state index contributed by atoms with van der Waals surface area (Å²) in [5.41, 5.74) is 15.8. The third-order valence-corrected chi connectivity index (χ3v) is 12.7. The first-order chi connectivity index (χ1) is 28.1. The maximum absolute atomic E-state index is 5.62. The maximum atomic E-state index is 5.62. The van der Waals surface area contributed by atoms with Gasteiger partial charge in [0.2, 0.25) is 0 Å². The van der Waals surface area contributed by atoms with E-state index in [4.69, 9.17) is 9.98 Å². The van der Waals surface area contributed by atoms with Gasteiger partial charge in [0.25, 0.3) is 0 Å². The second kappa shape index (κ2) is 12.8. The number of benzene rings is 6. The van der Waals surface area contributed by atoms with Gasteiger partial charge < -0.3 is 9.47 Å². The third-order valence-electron chi connectivity index (χ3n) is 12.7. The summed E-state index contributed by atoms with van der Waals surface area (Å²) in [5.74, 6) is 1.40. The van der Waals surface area contributed by atoms with Crippen LogP contribution >= 0.6 is 0 Å². The average Bonchev–Trinajstić information content (AvgIpc) is 3.97. The van der Waals surface area contributed by atoms with Crippen LogP contribution in [0.15, 0.2) is 151 Å². The normalized spacial score (nSPS) is 16.6. The number of rotatable bonds is 5. The zero-order chi connectivity index (χ0) is 39.4. The molecule has 0 amide bonds. The maximum Gasteiger partial charge on any atom is 0.145 e. The second-order valence-corrected chi connectivity index (χ2v) is 17.8. The molecule has 2 atom stereocenters. The summed E-state index contributed by atoms with van der Waals surface area (Å²) in [4.78, 5) is 13.2. The lowest BCUT2D eigenvalue weighted by Crippen LogP contribution is -2.26. The van der Waals surface area contributed by atoms with E-state index in [2.05, 4.69) is 195 Å². The minimum atomic E-state index is 0.0177. The highest BCUT2D eigenvalue weighted by atomic mass is 15.3. The molecule has 5 nitrogen and oxygen atoms in total. The Kier molecular flexibility index (Phi) is 7.66. The Hall–Kier alpha value is -6.46. The van der Waals surface area contributed by atoms with Crippen LogP contribution in [0.1, 0.15) is 91.6 Å². The van der Waals surface area contributed by atoms with E-state index in [1.165, 1.54) is 66.0 Å². The second-order valence-electron chi connectivity index (χ2n) is 17.8. The van der Waals surface area contributed by atoms with Crippen molar-refractivity contribution in [3.8, 4) is 11.4 Å². The molecule has 0 radical (unpaired) electrons. The highest BCUT2D eigenvalue weighted by Gasteiger charge is 2.43. The molecule has 6 aromatic carbocycles. The van der Waals surface area contributed by atoms with Crippen LogP contribution in [0.3, 0.4) is 0 Å². The first-order valence-electron chi connectivity index (χ1n) is 20.7. The van der Waals surface area contributed by atoms with Gasteiger partial charge in [0.15, 0.2) is 0 Å². The van der Waals surface area contributed by atoms with Crippen LogP contribution in [-0.2, 0) is 12.0 Å². The first-order valence-corrected chi connectivity index (χ1v) is 20.7. The molecule has 0 unspecified atom stereocenters. The number of amidine groups is 1. The van der Waals surface area contributed by atoms with Gasteiger partial charge in [0.05, 0.1) is 22.6 Å². The molecular weight excluding hydrogens is 707 g/mol. The number of hydrogen-bond donors (Lipinski definition) is 0. The van der Waals surface area contributed by atoms with E-state index in [-0.39, 0.29) is 17.5 Å². The van der Waals surface area contributed by atoms with Crippen LogP contribution in [0.4, 0.5) is 0 Å². The Morgan fingerprint density at radius 2 is 1.41 bits per heavy atom. The van der Waals surface area contributed by atoms with Crippen LogP contribution in [0.25, 0.3) is 55.1 Å². The van der Waals surface area contributed by atoms with Gasteiger partial charge in [-0.15, -0.1) is 0 Å². The number of fused-ring (bicyclic) bond motifs is 9. The Labute approximate surface area is 339 Å². The van der Waals surface area contributed by atoms with Crippen molar-refractivity contribution >= 4 is 49.6 Å². The van der Waals surface area contributed by atoms with Crippen molar-refractivity contribution in [2.75, 3.05) is 0 Å². The number of pyridine rings is 1. The minimum absolute atomic E-state index is 0.0177. The summed E-state index contributed by atoms with van der Waals surface area (Å²) in [6.07, 6.45) is 1.91. The predicted octanol–water partition coefficient (Wildman–Crippen LogP) is 13.1. The third kappa shape index (κ3) is 5.29. The molecule has 0 fully saturated rings. The van der Waals surface area contributed by atoms with Gasteiger partial charge in [-0.1, -0.05) is 113 Å². The monoisotopic (exact) mass is 753 g/mol. The van der Waals surface area contributed by atoms with Crippen molar-refractivity contribution in [3.05, 3.63) is 185 Å². The highest BCUT2D eigenvalue weighted by Crippen LogP contribution is 2.49. The van der Waals surface area contributed by atoms with Gasteiger partial charge in [0, 0.05) is 51.2 Å². The largest absolute Gasteiger partial charge is 0.342 e. The predicted molar refractivity (Wildman–Crippen MR) is 241 cm³/mol. The smallest absolute Gasteiger partial charge is 0.145 e. The summed E-state index contributed by atoms with van der Waals surface area (Å²) >= 11 is 0. The molecule has 284 valence electrons. The van der Waals surface area contributed by atoms with E-state index >= 15 is 0 Å². The zero-order valence-corrected chi connectivity index (χ0v) is 34.0. The van der Waals surface area contributed by atoms with E-state index < -0.39 is 0 Å². The van der Waals surface area contributed by atoms with Crippen LogP contribution in [0.5, 0.6) is 0 Å². The molecule has 58 heavy (non-hydrogen) atoms.